The summed E-state index contributed by atoms with van der Waals surface area (Å²) in [6, 6.07) is 0. The molecule has 0 heterocycles. The van der Waals surface area contributed by atoms with E-state index in [-0.39, 0.29) is 203 Å². The summed E-state index contributed by atoms with van der Waals surface area (Å²) in [7, 11) is -46.7. The normalized spacial score (nSPS) is 10.5. The van der Waals surface area contributed by atoms with E-state index in [9.17, 15) is 0 Å². The van der Waals surface area contributed by atoms with Crippen LogP contribution in [0.25, 0.3) is 0 Å². The molecule has 0 aromatic rings. The van der Waals surface area contributed by atoms with E-state index in [4.69, 9.17) is 175 Å². The van der Waals surface area contributed by atoms with Gasteiger partial charge in [0.1, 0.15) is 0 Å². The van der Waals surface area contributed by atoms with Crippen LogP contribution in [0.15, 0.2) is 0 Å². The van der Waals surface area contributed by atoms with Crippen molar-refractivity contribution in [1.29, 1.82) is 0 Å². The molecule has 0 aliphatic heterocycles. The van der Waals surface area contributed by atoms with Crippen LogP contribution in [0.2, 0.25) is 0 Å². The van der Waals surface area contributed by atoms with Crippen LogP contribution in [0.3, 0.4) is 0 Å². The Kier molecular flexibility index (Phi) is 88.1. The van der Waals surface area contributed by atoms with Crippen molar-refractivity contribution < 1.29 is 189 Å². The van der Waals surface area contributed by atoms with Gasteiger partial charge in [-0.1, -0.05) is 0 Å². The molecule has 0 radical (unpaired) electrons. The molecule has 0 aromatic carbocycles. The molecule has 0 atom stereocenters. The summed E-state index contributed by atoms with van der Waals surface area (Å²) in [6.07, 6.45) is 0. The summed E-state index contributed by atoms with van der Waals surface area (Å²) < 4.78 is 316. The largest absolute Gasteiger partial charge is 2.00 e. The minimum absolute atomic E-state index is 0. The van der Waals surface area contributed by atoms with E-state index in [0.29, 0.717) is 0 Å². The number of rotatable bonds is 0. The van der Waals surface area contributed by atoms with E-state index < -0.39 is 104 Å². The van der Waals surface area contributed by atoms with E-state index in [0.717, 1.165) is 0 Å². The van der Waals surface area contributed by atoms with Crippen molar-refractivity contribution in [3.63, 3.8) is 0 Å². The summed E-state index contributed by atoms with van der Waals surface area (Å²) in [5.74, 6) is 0. The predicted octanol–water partition coefficient (Wildman–Crippen LogP) is -7.31. The van der Waals surface area contributed by atoms with E-state index in [1.165, 1.54) is 0 Å². The Hall–Kier alpha value is 5.00. The van der Waals surface area contributed by atoms with Crippen LogP contribution in [0.4, 0.5) is 0 Å². The molecular formula is H30Ca5O40S10. The molecule has 55 heteroatoms. The second-order valence-corrected chi connectivity index (χ2v) is 13.4. The summed E-state index contributed by atoms with van der Waals surface area (Å²) in [5.41, 5.74) is 0. The average molecular weight is 1190 g/mol. The van der Waals surface area contributed by atoms with E-state index in [1.807, 2.05) is 0 Å². The second kappa shape index (κ2) is 47.0. The van der Waals surface area contributed by atoms with Gasteiger partial charge in [-0.3, -0.25) is 91.1 Å². The second-order valence-electron chi connectivity index (χ2n) is 4.48. The fourth-order valence-electron chi connectivity index (χ4n) is 0. The van der Waals surface area contributed by atoms with Gasteiger partial charge in [-0.15, -0.1) is 0 Å². The molecule has 40 nitrogen and oxygen atoms in total. The van der Waals surface area contributed by atoms with Crippen molar-refractivity contribution in [2.45, 2.75) is 0 Å². The average Bonchev–Trinajstić information content (AvgIpc) is 2.34. The Morgan fingerprint density at radius 2 is 0.145 bits per heavy atom. The Morgan fingerprint density at radius 1 is 0.145 bits per heavy atom. The molecule has 0 saturated carbocycles. The van der Waals surface area contributed by atoms with Gasteiger partial charge in [-0.2, -0.15) is 84.2 Å². The maximum Gasteiger partial charge on any atom is 2.00 e. The molecule has 0 aliphatic carbocycles. The Morgan fingerprint density at radius 3 is 0.145 bits per heavy atom. The van der Waals surface area contributed by atoms with E-state index in [2.05, 4.69) is 0 Å². The fourth-order valence-corrected chi connectivity index (χ4v) is 0. The Balaban J connectivity index is -0.0000000116. The number of hydrogen-bond acceptors (Lipinski definition) is 20. The van der Waals surface area contributed by atoms with Crippen LogP contribution in [0.5, 0.6) is 0 Å². The zero-order valence-electron chi connectivity index (χ0n) is 34.7. The molecule has 55 heavy (non-hydrogen) atoms. The molecule has 0 bridgehead atoms. The Labute approximate surface area is 473 Å². The van der Waals surface area contributed by atoms with Crippen molar-refractivity contribution in [3.8, 4) is 0 Å². The Bertz CT molecular complexity index is 1430. The van der Waals surface area contributed by atoms with Crippen LogP contribution in [0, 0.1) is 0 Å². The summed E-state index contributed by atoms with van der Waals surface area (Å²) in [5, 5.41) is 0. The molecule has 0 fully saturated rings. The number of hydrogen-bond donors (Lipinski definition) is 20. The van der Waals surface area contributed by atoms with E-state index >= 15 is 0 Å². The summed E-state index contributed by atoms with van der Waals surface area (Å²) in [6.45, 7) is 0. The maximum absolute atomic E-state index is 8.74. The molecule has 0 aromatic heterocycles. The molecule has 0 saturated heterocycles. The standard InChI is InChI=1S/5Ca.10H2O4S.10H/c;;;;;10*1-5(2,3)4;;;;;;;;;;/h;;;;;10*(H2,1,2,3,4);;;;;;;;;;/q5*+2;;;;;;;;;;;10*-1. The minimum Gasteiger partial charge on any atom is -1.00 e. The van der Waals surface area contributed by atoms with Gasteiger partial charge >= 0.3 is 293 Å². The first-order chi connectivity index (χ1) is 20.0. The van der Waals surface area contributed by atoms with Gasteiger partial charge < -0.3 is 14.3 Å². The fraction of sp³-hybridized carbons (Fsp3) is 0. The summed E-state index contributed by atoms with van der Waals surface area (Å²) >= 11 is 0. The SMILES string of the molecule is O=S(=O)(O)O.O=S(=O)(O)O.O=S(=O)(O)O.O=S(=O)(O)O.O=S(=O)(O)O.O=S(=O)(O)O.O=S(=O)(O)O.O=S(=O)(O)O.O=S(=O)(O)O.O=S(=O)(O)O.[Ca+2].[Ca+2].[Ca+2].[Ca+2].[Ca+2].[H-].[H-].[H-].[H-].[H-].[H-].[H-].[H-].[H-].[H-]. The predicted molar refractivity (Wildman–Crippen MR) is 182 cm³/mol. The van der Waals surface area contributed by atoms with Crippen molar-refractivity contribution in [2.75, 3.05) is 0 Å². The van der Waals surface area contributed by atoms with Gasteiger partial charge in [0.15, 0.2) is 0 Å². The first kappa shape index (κ1) is 103. The van der Waals surface area contributed by atoms with Crippen LogP contribution in [-0.4, -0.2) is 364 Å². The van der Waals surface area contributed by atoms with Crippen LogP contribution < -0.4 is 0 Å². The van der Waals surface area contributed by atoms with Gasteiger partial charge in [-0.25, -0.2) is 0 Å². The van der Waals surface area contributed by atoms with Gasteiger partial charge in [0.2, 0.25) is 0 Å². The minimum atomic E-state index is -4.67. The smallest absolute Gasteiger partial charge is 1.00 e. The molecular weight excluding hydrogens is 1160 g/mol. The molecule has 20 N–H and O–H groups in total. The molecule has 0 unspecified atom stereocenters. The van der Waals surface area contributed by atoms with Crippen LogP contribution in [-0.2, 0) is 104 Å². The van der Waals surface area contributed by atoms with Gasteiger partial charge in [0.25, 0.3) is 0 Å². The third-order valence-electron chi connectivity index (χ3n) is 0. The molecule has 340 valence electrons. The first-order valence-corrected chi connectivity index (χ1v) is 21.0. The van der Waals surface area contributed by atoms with Crippen molar-refractivity contribution >= 4 is 293 Å². The maximum atomic E-state index is 8.74. The first-order valence-electron chi connectivity index (χ1n) is 6.98. The zero-order valence-corrected chi connectivity index (χ0v) is 43.9. The van der Waals surface area contributed by atoms with Crippen LogP contribution >= 0.6 is 0 Å². The zero-order chi connectivity index (χ0) is 45.0. The molecule has 0 spiro atoms. The third-order valence-corrected chi connectivity index (χ3v) is 0. The summed E-state index contributed by atoms with van der Waals surface area (Å²) in [4.78, 5) is 0. The van der Waals surface area contributed by atoms with Crippen molar-refractivity contribution in [3.05, 3.63) is 0 Å². The van der Waals surface area contributed by atoms with E-state index in [1.54, 1.807) is 0 Å². The third kappa shape index (κ3) is 7670. The quantitative estimate of drug-likeness (QED) is 0.0791. The van der Waals surface area contributed by atoms with Crippen molar-refractivity contribution in [2.24, 2.45) is 0 Å². The molecule has 0 rings (SSSR count). The topological polar surface area (TPSA) is 746 Å². The molecule has 0 amide bonds. The van der Waals surface area contributed by atoms with Crippen LogP contribution in [0.1, 0.15) is 14.3 Å². The molecule has 0 aliphatic rings. The van der Waals surface area contributed by atoms with Crippen molar-refractivity contribution in [1.82, 2.24) is 0 Å². The monoisotopic (exact) mass is 1190 g/mol. The van der Waals surface area contributed by atoms with Gasteiger partial charge in [-0.05, 0) is 0 Å². The van der Waals surface area contributed by atoms with Gasteiger partial charge in [0.05, 0.1) is 0 Å². The van der Waals surface area contributed by atoms with Gasteiger partial charge in [0, 0.05) is 0 Å².